The Morgan fingerprint density at radius 1 is 0.947 bits per heavy atom. The van der Waals surface area contributed by atoms with Gasteiger partial charge in [-0.2, -0.15) is 13.2 Å². The molecule has 0 saturated heterocycles. The third-order valence-corrected chi connectivity index (χ3v) is 3.21. The predicted molar refractivity (Wildman–Crippen MR) is 60.0 cm³/mol. The molecule has 0 N–H and O–H groups in total. The normalized spacial score (nSPS) is 17.9. The number of alkyl halides is 6. The predicted octanol–water partition coefficient (Wildman–Crippen LogP) is 5.11. The lowest BCUT2D eigenvalue weighted by atomic mass is 9.81. The van der Waals surface area contributed by atoms with Gasteiger partial charge in [-0.25, -0.2) is 13.2 Å². The highest BCUT2D eigenvalue weighted by Gasteiger charge is 2.70. The van der Waals surface area contributed by atoms with Crippen LogP contribution in [0.5, 0.6) is 0 Å². The van der Waals surface area contributed by atoms with Gasteiger partial charge >= 0.3 is 6.18 Å². The standard InChI is InChI=1S/C13H14F6/c1-3-10(9-7-5-4-6-8-9)12(15,16)11(2,14)13(17,18)19/h4-8,10H,3H2,1-2H3. The van der Waals surface area contributed by atoms with Crippen LogP contribution >= 0.6 is 0 Å². The zero-order valence-corrected chi connectivity index (χ0v) is 10.4. The highest BCUT2D eigenvalue weighted by Crippen LogP contribution is 2.52. The van der Waals surface area contributed by atoms with Crippen LogP contribution in [0, 0.1) is 0 Å². The van der Waals surface area contributed by atoms with Gasteiger partial charge in [-0.15, -0.1) is 0 Å². The van der Waals surface area contributed by atoms with Crippen molar-refractivity contribution in [2.75, 3.05) is 0 Å². The fourth-order valence-corrected chi connectivity index (χ4v) is 1.90. The van der Waals surface area contributed by atoms with E-state index in [4.69, 9.17) is 0 Å². The minimum absolute atomic E-state index is 0.0110. The first-order valence-electron chi connectivity index (χ1n) is 5.74. The van der Waals surface area contributed by atoms with Crippen LogP contribution in [-0.4, -0.2) is 17.8 Å². The summed E-state index contributed by atoms with van der Waals surface area (Å²) in [7, 11) is 0. The molecule has 0 aliphatic carbocycles. The fraction of sp³-hybridized carbons (Fsp3) is 0.538. The van der Waals surface area contributed by atoms with Crippen LogP contribution in [0.25, 0.3) is 0 Å². The van der Waals surface area contributed by atoms with E-state index >= 15 is 0 Å². The molecular weight excluding hydrogens is 270 g/mol. The Bertz CT molecular complexity index is 407. The van der Waals surface area contributed by atoms with Crippen molar-refractivity contribution in [2.45, 2.75) is 44.0 Å². The SMILES string of the molecule is CCC(c1ccccc1)C(F)(F)C(C)(F)C(F)(F)F. The molecule has 0 spiro atoms. The van der Waals surface area contributed by atoms with Crippen molar-refractivity contribution in [1.29, 1.82) is 0 Å². The lowest BCUT2D eigenvalue weighted by Crippen LogP contribution is -2.55. The van der Waals surface area contributed by atoms with Gasteiger partial charge in [-0.3, -0.25) is 0 Å². The van der Waals surface area contributed by atoms with E-state index < -0.39 is 23.7 Å². The molecule has 0 aliphatic rings. The third kappa shape index (κ3) is 2.72. The summed E-state index contributed by atoms with van der Waals surface area (Å²) in [6.07, 6.45) is -5.93. The van der Waals surface area contributed by atoms with Crippen molar-refractivity contribution in [1.82, 2.24) is 0 Å². The van der Waals surface area contributed by atoms with Crippen LogP contribution in [0.4, 0.5) is 26.3 Å². The smallest absolute Gasteiger partial charge is 0.227 e. The van der Waals surface area contributed by atoms with Crippen LogP contribution in [0.1, 0.15) is 31.7 Å². The molecule has 0 aliphatic heterocycles. The van der Waals surface area contributed by atoms with Gasteiger partial charge in [0.25, 0.3) is 11.6 Å². The van der Waals surface area contributed by atoms with E-state index in [0.29, 0.717) is 0 Å². The van der Waals surface area contributed by atoms with Crippen molar-refractivity contribution in [3.8, 4) is 0 Å². The van der Waals surface area contributed by atoms with E-state index in [1.165, 1.54) is 31.2 Å². The average molecular weight is 284 g/mol. The zero-order valence-electron chi connectivity index (χ0n) is 10.4. The average Bonchev–Trinajstić information content (AvgIpc) is 2.29. The number of rotatable bonds is 4. The molecule has 0 nitrogen and oxygen atoms in total. The Hall–Kier alpha value is -1.20. The maximum absolute atomic E-state index is 14.0. The molecule has 2 atom stereocenters. The fourth-order valence-electron chi connectivity index (χ4n) is 1.90. The second kappa shape index (κ2) is 5.06. The van der Waals surface area contributed by atoms with Gasteiger partial charge in [0.2, 0.25) is 0 Å². The highest BCUT2D eigenvalue weighted by atomic mass is 19.4. The van der Waals surface area contributed by atoms with Gasteiger partial charge in [0.1, 0.15) is 0 Å². The van der Waals surface area contributed by atoms with E-state index in [1.807, 2.05) is 0 Å². The van der Waals surface area contributed by atoms with E-state index in [1.54, 1.807) is 6.07 Å². The molecule has 1 rings (SSSR count). The zero-order chi connectivity index (χ0) is 14.9. The van der Waals surface area contributed by atoms with Crippen molar-refractivity contribution in [3.63, 3.8) is 0 Å². The second-order valence-corrected chi connectivity index (χ2v) is 4.50. The van der Waals surface area contributed by atoms with Crippen LogP contribution < -0.4 is 0 Å². The molecule has 0 heterocycles. The minimum Gasteiger partial charge on any atom is -0.227 e. The lowest BCUT2D eigenvalue weighted by Gasteiger charge is -2.37. The summed E-state index contributed by atoms with van der Waals surface area (Å²) in [5, 5.41) is 0. The molecule has 0 saturated carbocycles. The first-order valence-corrected chi connectivity index (χ1v) is 5.74. The maximum Gasteiger partial charge on any atom is 0.428 e. The Morgan fingerprint density at radius 3 is 1.79 bits per heavy atom. The van der Waals surface area contributed by atoms with Crippen LogP contribution in [-0.2, 0) is 0 Å². The van der Waals surface area contributed by atoms with Crippen molar-refractivity contribution >= 4 is 0 Å². The van der Waals surface area contributed by atoms with Gasteiger partial charge in [-0.1, -0.05) is 37.3 Å². The Kier molecular flexibility index (Phi) is 4.22. The molecular formula is C13H14F6. The molecule has 108 valence electrons. The van der Waals surface area contributed by atoms with Gasteiger partial charge in [0, 0.05) is 0 Å². The molecule has 1 aromatic rings. The number of hydrogen-bond acceptors (Lipinski definition) is 0. The molecule has 0 amide bonds. The van der Waals surface area contributed by atoms with Crippen LogP contribution in [0.2, 0.25) is 0 Å². The molecule has 0 aromatic heterocycles. The van der Waals surface area contributed by atoms with E-state index in [0.717, 1.165) is 0 Å². The summed E-state index contributed by atoms with van der Waals surface area (Å²) < 4.78 is 79.0. The summed E-state index contributed by atoms with van der Waals surface area (Å²) in [5.41, 5.74) is -4.58. The number of hydrogen-bond donors (Lipinski definition) is 0. The van der Waals surface area contributed by atoms with Crippen molar-refractivity contribution in [2.24, 2.45) is 0 Å². The van der Waals surface area contributed by atoms with Gasteiger partial charge in [0.05, 0.1) is 5.92 Å². The Balaban J connectivity index is 3.24. The van der Waals surface area contributed by atoms with Gasteiger partial charge < -0.3 is 0 Å². The van der Waals surface area contributed by atoms with E-state index in [9.17, 15) is 26.3 Å². The summed E-state index contributed by atoms with van der Waals surface area (Å²) in [6.45, 7) is 1.19. The van der Waals surface area contributed by atoms with E-state index in [-0.39, 0.29) is 18.9 Å². The molecule has 19 heavy (non-hydrogen) atoms. The Labute approximate surface area is 107 Å². The van der Waals surface area contributed by atoms with Crippen molar-refractivity contribution < 1.29 is 26.3 Å². The van der Waals surface area contributed by atoms with Gasteiger partial charge in [-0.05, 0) is 18.9 Å². The van der Waals surface area contributed by atoms with Crippen LogP contribution in [0.3, 0.4) is 0 Å². The lowest BCUT2D eigenvalue weighted by molar-refractivity contribution is -0.301. The molecule has 0 fully saturated rings. The molecule has 1 aromatic carbocycles. The summed E-state index contributed by atoms with van der Waals surface area (Å²) in [5.74, 6) is -6.37. The van der Waals surface area contributed by atoms with Crippen molar-refractivity contribution in [3.05, 3.63) is 35.9 Å². The number of halogens is 6. The monoisotopic (exact) mass is 284 g/mol. The molecule has 0 bridgehead atoms. The summed E-state index contributed by atoms with van der Waals surface area (Å²) >= 11 is 0. The van der Waals surface area contributed by atoms with E-state index in [2.05, 4.69) is 0 Å². The largest absolute Gasteiger partial charge is 0.428 e. The first kappa shape index (κ1) is 15.9. The van der Waals surface area contributed by atoms with Gasteiger partial charge in [0.15, 0.2) is 0 Å². The quantitative estimate of drug-likeness (QED) is 0.674. The first-order chi connectivity index (χ1) is 8.55. The molecule has 2 unspecified atom stereocenters. The molecule has 0 radical (unpaired) electrons. The maximum atomic E-state index is 14.0. The number of benzene rings is 1. The highest BCUT2D eigenvalue weighted by molar-refractivity contribution is 5.24. The summed E-state index contributed by atoms with van der Waals surface area (Å²) in [4.78, 5) is 0. The third-order valence-electron chi connectivity index (χ3n) is 3.21. The minimum atomic E-state index is -5.63. The molecule has 6 heteroatoms. The topological polar surface area (TPSA) is 0 Å². The summed E-state index contributed by atoms with van der Waals surface area (Å²) in [6, 6.07) is 6.95. The van der Waals surface area contributed by atoms with Crippen LogP contribution in [0.15, 0.2) is 30.3 Å². The Morgan fingerprint density at radius 2 is 1.42 bits per heavy atom. The second-order valence-electron chi connectivity index (χ2n) is 4.50.